The Kier molecular flexibility index (Phi) is 4.66. The van der Waals surface area contributed by atoms with Gasteiger partial charge in [-0.1, -0.05) is 24.3 Å². The Labute approximate surface area is 184 Å². The number of anilines is 1. The fourth-order valence-corrected chi connectivity index (χ4v) is 4.37. The van der Waals surface area contributed by atoms with Crippen LogP contribution in [0.4, 0.5) is 5.69 Å². The Bertz CT molecular complexity index is 1200. The van der Waals surface area contributed by atoms with Gasteiger partial charge in [-0.15, -0.1) is 0 Å². The van der Waals surface area contributed by atoms with Gasteiger partial charge in [0.05, 0.1) is 31.4 Å². The highest BCUT2D eigenvalue weighted by atomic mass is 16.5. The molecular weight excluding hydrogens is 408 g/mol. The minimum Gasteiger partial charge on any atom is -0.497 e. The Balaban J connectivity index is 1.58. The summed E-state index contributed by atoms with van der Waals surface area (Å²) in [5.41, 5.74) is 2.05. The Morgan fingerprint density at radius 3 is 1.88 bits per heavy atom. The fourth-order valence-electron chi connectivity index (χ4n) is 4.37. The first kappa shape index (κ1) is 19.8. The lowest BCUT2D eigenvalue weighted by Gasteiger charge is -2.49. The van der Waals surface area contributed by atoms with Gasteiger partial charge < -0.3 is 14.4 Å². The van der Waals surface area contributed by atoms with Crippen LogP contribution in [0.3, 0.4) is 0 Å². The molecule has 7 nitrogen and oxygen atoms in total. The van der Waals surface area contributed by atoms with Crippen LogP contribution in [0.2, 0.25) is 0 Å². The standard InChI is InChI=1S/C25H20N2O5/c1-31-17-12-10-16(11-13-17)26-21(15-6-5-7-18(14-15)32-2)22(25(26)30)27-23(28)19-8-3-4-9-20(19)24(27)29/h3-14,21-22H,1-2H3. The van der Waals surface area contributed by atoms with Gasteiger partial charge in [-0.2, -0.15) is 0 Å². The van der Waals surface area contributed by atoms with E-state index in [-0.39, 0.29) is 5.91 Å². The van der Waals surface area contributed by atoms with Gasteiger partial charge >= 0.3 is 0 Å². The predicted octanol–water partition coefficient (Wildman–Crippen LogP) is 3.46. The summed E-state index contributed by atoms with van der Waals surface area (Å²) < 4.78 is 10.6. The number of methoxy groups -OCH3 is 2. The number of ether oxygens (including phenoxy) is 2. The lowest BCUT2D eigenvalue weighted by molar-refractivity contribution is -0.130. The van der Waals surface area contributed by atoms with Gasteiger partial charge in [0.25, 0.3) is 17.7 Å². The van der Waals surface area contributed by atoms with E-state index in [0.29, 0.717) is 28.3 Å². The molecule has 2 atom stereocenters. The summed E-state index contributed by atoms with van der Waals surface area (Å²) in [6.07, 6.45) is 0. The van der Waals surface area contributed by atoms with Crippen LogP contribution in [0.25, 0.3) is 0 Å². The molecule has 2 aliphatic rings. The molecule has 0 aromatic heterocycles. The normalized spacial score (nSPS) is 19.6. The van der Waals surface area contributed by atoms with Crippen molar-refractivity contribution in [2.45, 2.75) is 12.1 Å². The molecule has 0 N–H and O–H groups in total. The third kappa shape index (κ3) is 2.85. The molecule has 2 aliphatic heterocycles. The number of fused-ring (bicyclic) bond motifs is 1. The number of benzene rings is 3. The molecule has 5 rings (SSSR count). The summed E-state index contributed by atoms with van der Waals surface area (Å²) in [6.45, 7) is 0. The molecule has 2 heterocycles. The molecule has 3 aromatic rings. The van der Waals surface area contributed by atoms with Crippen molar-refractivity contribution >= 4 is 23.4 Å². The van der Waals surface area contributed by atoms with E-state index in [4.69, 9.17) is 9.47 Å². The molecule has 7 heteroatoms. The molecule has 3 amide bonds. The van der Waals surface area contributed by atoms with E-state index in [0.717, 1.165) is 10.5 Å². The number of hydrogen-bond acceptors (Lipinski definition) is 5. The van der Waals surface area contributed by atoms with Crippen molar-refractivity contribution in [3.8, 4) is 11.5 Å². The van der Waals surface area contributed by atoms with Crippen LogP contribution in [-0.4, -0.2) is 42.9 Å². The van der Waals surface area contributed by atoms with Crippen LogP contribution in [0.5, 0.6) is 11.5 Å². The second kappa shape index (κ2) is 7.53. The highest BCUT2D eigenvalue weighted by Crippen LogP contribution is 2.45. The van der Waals surface area contributed by atoms with E-state index in [1.165, 1.54) is 0 Å². The second-order valence-electron chi connectivity index (χ2n) is 7.60. The number of hydrogen-bond donors (Lipinski definition) is 0. The number of amides is 3. The van der Waals surface area contributed by atoms with Gasteiger partial charge in [0, 0.05) is 5.69 Å². The zero-order chi connectivity index (χ0) is 22.4. The smallest absolute Gasteiger partial charge is 0.262 e. The first-order valence-corrected chi connectivity index (χ1v) is 10.1. The molecule has 160 valence electrons. The Morgan fingerprint density at radius 1 is 0.656 bits per heavy atom. The third-order valence-electron chi connectivity index (χ3n) is 5.96. The lowest BCUT2D eigenvalue weighted by atomic mass is 9.86. The van der Waals surface area contributed by atoms with E-state index in [1.807, 2.05) is 18.2 Å². The topological polar surface area (TPSA) is 76.2 Å². The van der Waals surface area contributed by atoms with Gasteiger partial charge in [0.15, 0.2) is 0 Å². The Morgan fingerprint density at radius 2 is 1.28 bits per heavy atom. The van der Waals surface area contributed by atoms with Crippen LogP contribution in [0.15, 0.2) is 72.8 Å². The molecule has 0 saturated carbocycles. The van der Waals surface area contributed by atoms with E-state index >= 15 is 0 Å². The van der Waals surface area contributed by atoms with Crippen LogP contribution < -0.4 is 14.4 Å². The minimum atomic E-state index is -0.948. The molecule has 0 spiro atoms. The summed E-state index contributed by atoms with van der Waals surface area (Å²) >= 11 is 0. The van der Waals surface area contributed by atoms with Gasteiger partial charge in [0.1, 0.15) is 17.5 Å². The summed E-state index contributed by atoms with van der Waals surface area (Å²) in [7, 11) is 3.13. The zero-order valence-electron chi connectivity index (χ0n) is 17.5. The monoisotopic (exact) mass is 428 g/mol. The minimum absolute atomic E-state index is 0.317. The molecule has 2 unspecified atom stereocenters. The SMILES string of the molecule is COc1ccc(N2C(=O)C(N3C(=O)c4ccccc4C3=O)C2c2cccc(OC)c2)cc1. The first-order chi connectivity index (χ1) is 15.5. The molecule has 1 saturated heterocycles. The van der Waals surface area contributed by atoms with Crippen LogP contribution in [0.1, 0.15) is 32.3 Å². The van der Waals surface area contributed by atoms with Gasteiger partial charge in [-0.3, -0.25) is 19.3 Å². The summed E-state index contributed by atoms with van der Waals surface area (Å²) in [5, 5.41) is 0. The fraction of sp³-hybridized carbons (Fsp3) is 0.160. The number of β-lactam (4-membered cyclic amide) rings is 1. The largest absolute Gasteiger partial charge is 0.497 e. The highest BCUT2D eigenvalue weighted by Gasteiger charge is 2.57. The summed E-state index contributed by atoms with van der Waals surface area (Å²) in [4.78, 5) is 42.3. The van der Waals surface area contributed by atoms with Crippen LogP contribution >= 0.6 is 0 Å². The second-order valence-corrected chi connectivity index (χ2v) is 7.60. The maximum absolute atomic E-state index is 13.4. The maximum atomic E-state index is 13.4. The predicted molar refractivity (Wildman–Crippen MR) is 117 cm³/mol. The number of carbonyl (C=O) groups excluding carboxylic acids is 3. The van der Waals surface area contributed by atoms with Crippen molar-refractivity contribution < 1.29 is 23.9 Å². The molecule has 3 aromatic carbocycles. The van der Waals surface area contributed by atoms with Crippen LogP contribution in [-0.2, 0) is 4.79 Å². The number of nitrogens with zero attached hydrogens (tertiary/aromatic N) is 2. The Hall–Kier alpha value is -4.13. The van der Waals surface area contributed by atoms with E-state index in [2.05, 4.69) is 0 Å². The first-order valence-electron chi connectivity index (χ1n) is 10.1. The quantitative estimate of drug-likeness (QED) is 0.460. The van der Waals surface area contributed by atoms with Crippen molar-refractivity contribution in [3.05, 3.63) is 89.5 Å². The zero-order valence-corrected chi connectivity index (χ0v) is 17.5. The number of carbonyl (C=O) groups is 3. The van der Waals surface area contributed by atoms with Crippen molar-refractivity contribution in [1.82, 2.24) is 4.90 Å². The van der Waals surface area contributed by atoms with Gasteiger partial charge in [-0.05, 0) is 54.1 Å². The molecule has 0 aliphatic carbocycles. The summed E-state index contributed by atoms with van der Waals surface area (Å²) in [5.74, 6) is 0.0594. The van der Waals surface area contributed by atoms with E-state index < -0.39 is 23.9 Å². The van der Waals surface area contributed by atoms with Crippen LogP contribution in [0, 0.1) is 0 Å². The average Bonchev–Trinajstić information content (AvgIpc) is 3.08. The summed E-state index contributed by atoms with van der Waals surface area (Å²) in [6, 6.07) is 19.5. The van der Waals surface area contributed by atoms with Gasteiger partial charge in [-0.25, -0.2) is 0 Å². The van der Waals surface area contributed by atoms with E-state index in [1.54, 1.807) is 73.7 Å². The van der Waals surface area contributed by atoms with Crippen molar-refractivity contribution in [1.29, 1.82) is 0 Å². The third-order valence-corrected chi connectivity index (χ3v) is 5.96. The molecule has 1 fully saturated rings. The molecule has 0 bridgehead atoms. The van der Waals surface area contributed by atoms with Gasteiger partial charge in [0.2, 0.25) is 0 Å². The molecule has 32 heavy (non-hydrogen) atoms. The van der Waals surface area contributed by atoms with Crippen molar-refractivity contribution in [3.63, 3.8) is 0 Å². The molecule has 0 radical (unpaired) electrons. The lowest BCUT2D eigenvalue weighted by Crippen LogP contribution is -2.67. The van der Waals surface area contributed by atoms with Crippen molar-refractivity contribution in [2.75, 3.05) is 19.1 Å². The van der Waals surface area contributed by atoms with Crippen molar-refractivity contribution in [2.24, 2.45) is 0 Å². The average molecular weight is 428 g/mol. The maximum Gasteiger partial charge on any atom is 0.262 e. The highest BCUT2D eigenvalue weighted by molar-refractivity contribution is 6.24. The molecular formula is C25H20N2O5. The number of imide groups is 1. The number of rotatable bonds is 5. The van der Waals surface area contributed by atoms with E-state index in [9.17, 15) is 14.4 Å².